The zero-order valence-electron chi connectivity index (χ0n) is 11.9. The van der Waals surface area contributed by atoms with E-state index in [0.717, 1.165) is 16.3 Å². The maximum Gasteiger partial charge on any atom is 0.230 e. The van der Waals surface area contributed by atoms with E-state index in [-0.39, 0.29) is 5.91 Å². The number of carbonyl (C=O) groups is 1. The predicted molar refractivity (Wildman–Crippen MR) is 86.1 cm³/mol. The molecule has 3 nitrogen and oxygen atoms in total. The lowest BCUT2D eigenvalue weighted by molar-refractivity contribution is -0.119. The van der Waals surface area contributed by atoms with Gasteiger partial charge in [0.25, 0.3) is 0 Å². The van der Waals surface area contributed by atoms with Crippen LogP contribution < -0.4 is 5.32 Å². The molecule has 0 heterocycles. The molecule has 0 aliphatic carbocycles. The van der Waals surface area contributed by atoms with E-state index in [1.165, 1.54) is 0 Å². The number of halogens is 1. The molecule has 1 unspecified atom stereocenters. The fourth-order valence-electron chi connectivity index (χ4n) is 1.75. The molecule has 0 aliphatic rings. The summed E-state index contributed by atoms with van der Waals surface area (Å²) in [6.45, 7) is 4.43. The van der Waals surface area contributed by atoms with Gasteiger partial charge in [0.05, 0.1) is 11.9 Å². The molecular weight excluding hydrogens is 294 g/mol. The van der Waals surface area contributed by atoms with E-state index in [9.17, 15) is 9.90 Å². The highest BCUT2D eigenvalue weighted by Gasteiger charge is 2.09. The van der Waals surface area contributed by atoms with Crippen molar-refractivity contribution in [3.8, 4) is 0 Å². The van der Waals surface area contributed by atoms with Gasteiger partial charge >= 0.3 is 0 Å². The molecule has 1 rings (SSSR count). The van der Waals surface area contributed by atoms with Crippen molar-refractivity contribution < 1.29 is 9.90 Å². The molecule has 0 aromatic heterocycles. The van der Waals surface area contributed by atoms with Crippen LogP contribution in [0.2, 0.25) is 5.02 Å². The molecule has 0 radical (unpaired) electrons. The Bertz CT molecular complexity index is 409. The molecule has 0 bridgehead atoms. The number of hydrogen-bond donors (Lipinski definition) is 2. The number of amides is 1. The van der Waals surface area contributed by atoms with Crippen molar-refractivity contribution in [3.05, 3.63) is 34.9 Å². The first kappa shape index (κ1) is 17.3. The number of carbonyl (C=O) groups excluding carboxylic acids is 1. The smallest absolute Gasteiger partial charge is 0.230 e. The van der Waals surface area contributed by atoms with Crippen LogP contribution in [0.5, 0.6) is 0 Å². The highest BCUT2D eigenvalue weighted by molar-refractivity contribution is 7.99. The lowest BCUT2D eigenvalue weighted by Crippen LogP contribution is -2.33. The van der Waals surface area contributed by atoms with Crippen molar-refractivity contribution in [2.24, 2.45) is 5.92 Å². The molecular formula is C15H22ClNO2S. The summed E-state index contributed by atoms with van der Waals surface area (Å²) in [6.07, 6.45) is 0.248. The molecule has 5 heteroatoms. The van der Waals surface area contributed by atoms with Crippen molar-refractivity contribution in [1.82, 2.24) is 5.32 Å². The van der Waals surface area contributed by atoms with Crippen molar-refractivity contribution in [1.29, 1.82) is 0 Å². The Balaban J connectivity index is 2.15. The molecule has 2 N–H and O–H groups in total. The molecule has 0 saturated carbocycles. The van der Waals surface area contributed by atoms with Gasteiger partial charge in [-0.05, 0) is 30.0 Å². The minimum Gasteiger partial charge on any atom is -0.391 e. The lowest BCUT2D eigenvalue weighted by Gasteiger charge is -2.13. The zero-order valence-corrected chi connectivity index (χ0v) is 13.5. The fourth-order valence-corrected chi connectivity index (χ4v) is 2.70. The summed E-state index contributed by atoms with van der Waals surface area (Å²) in [4.78, 5) is 11.6. The third-order valence-corrected chi connectivity index (χ3v) is 3.95. The maximum atomic E-state index is 11.6. The Morgan fingerprint density at radius 1 is 1.35 bits per heavy atom. The third kappa shape index (κ3) is 7.78. The van der Waals surface area contributed by atoms with E-state index in [4.69, 9.17) is 11.6 Å². The molecule has 1 aromatic rings. The topological polar surface area (TPSA) is 49.3 Å². The van der Waals surface area contributed by atoms with Crippen LogP contribution in [0.15, 0.2) is 24.3 Å². The summed E-state index contributed by atoms with van der Waals surface area (Å²) >= 11 is 7.36. The molecule has 0 aliphatic heterocycles. The maximum absolute atomic E-state index is 11.6. The van der Waals surface area contributed by atoms with E-state index >= 15 is 0 Å². The van der Waals surface area contributed by atoms with Crippen LogP contribution in [0.25, 0.3) is 0 Å². The van der Waals surface area contributed by atoms with Crippen molar-refractivity contribution in [2.75, 3.05) is 12.3 Å². The first-order valence-corrected chi connectivity index (χ1v) is 8.27. The molecule has 0 spiro atoms. The lowest BCUT2D eigenvalue weighted by atomic mass is 10.1. The summed E-state index contributed by atoms with van der Waals surface area (Å²) < 4.78 is 0. The van der Waals surface area contributed by atoms with Crippen LogP contribution in [-0.2, 0) is 10.5 Å². The Hall–Kier alpha value is -0.710. The second kappa shape index (κ2) is 9.27. The second-order valence-electron chi connectivity index (χ2n) is 5.21. The van der Waals surface area contributed by atoms with Gasteiger partial charge in [0.1, 0.15) is 0 Å². The van der Waals surface area contributed by atoms with Crippen LogP contribution in [0.3, 0.4) is 0 Å². The Morgan fingerprint density at radius 2 is 2.00 bits per heavy atom. The van der Waals surface area contributed by atoms with Gasteiger partial charge in [0.2, 0.25) is 5.91 Å². The van der Waals surface area contributed by atoms with Gasteiger partial charge < -0.3 is 10.4 Å². The SMILES string of the molecule is CC(C)CC(O)CNC(=O)CSCc1ccc(Cl)cc1. The summed E-state index contributed by atoms with van der Waals surface area (Å²) in [7, 11) is 0. The Labute approximate surface area is 130 Å². The largest absolute Gasteiger partial charge is 0.391 e. The number of aliphatic hydroxyl groups is 1. The fraction of sp³-hybridized carbons (Fsp3) is 0.533. The van der Waals surface area contributed by atoms with Gasteiger partial charge in [-0.1, -0.05) is 37.6 Å². The second-order valence-corrected chi connectivity index (χ2v) is 6.63. The molecule has 1 aromatic carbocycles. The standard InChI is InChI=1S/C15H22ClNO2S/c1-11(2)7-14(18)8-17-15(19)10-20-9-12-3-5-13(16)6-4-12/h3-6,11,14,18H,7-10H2,1-2H3,(H,17,19). The predicted octanol–water partition coefficient (Wildman–Crippen LogP) is 3.10. The first-order valence-electron chi connectivity index (χ1n) is 6.74. The van der Waals surface area contributed by atoms with Gasteiger partial charge in [-0.15, -0.1) is 11.8 Å². The normalized spacial score (nSPS) is 12.4. The molecule has 1 amide bonds. The van der Waals surface area contributed by atoms with Gasteiger partial charge in [-0.3, -0.25) is 4.79 Å². The molecule has 20 heavy (non-hydrogen) atoms. The summed E-state index contributed by atoms with van der Waals surface area (Å²) in [5.41, 5.74) is 1.15. The number of aliphatic hydroxyl groups excluding tert-OH is 1. The average molecular weight is 316 g/mol. The molecule has 0 fully saturated rings. The molecule has 1 atom stereocenters. The molecule has 112 valence electrons. The number of hydrogen-bond acceptors (Lipinski definition) is 3. The summed E-state index contributed by atoms with van der Waals surface area (Å²) in [5, 5.41) is 13.1. The van der Waals surface area contributed by atoms with Gasteiger partial charge in [0, 0.05) is 17.3 Å². The van der Waals surface area contributed by atoms with Gasteiger partial charge in [0.15, 0.2) is 0 Å². The van der Waals surface area contributed by atoms with E-state index in [0.29, 0.717) is 24.6 Å². The number of benzene rings is 1. The van der Waals surface area contributed by atoms with Crippen LogP contribution in [0.1, 0.15) is 25.8 Å². The van der Waals surface area contributed by atoms with Crippen molar-refractivity contribution >= 4 is 29.3 Å². The minimum absolute atomic E-state index is 0.0354. The van der Waals surface area contributed by atoms with Crippen LogP contribution in [0, 0.1) is 5.92 Å². The Morgan fingerprint density at radius 3 is 2.60 bits per heavy atom. The van der Waals surface area contributed by atoms with Crippen LogP contribution in [-0.4, -0.2) is 29.4 Å². The quantitative estimate of drug-likeness (QED) is 0.775. The van der Waals surface area contributed by atoms with E-state index < -0.39 is 6.10 Å². The van der Waals surface area contributed by atoms with Crippen LogP contribution >= 0.6 is 23.4 Å². The van der Waals surface area contributed by atoms with Gasteiger partial charge in [-0.25, -0.2) is 0 Å². The highest BCUT2D eigenvalue weighted by atomic mass is 35.5. The van der Waals surface area contributed by atoms with Crippen LogP contribution in [0.4, 0.5) is 0 Å². The monoisotopic (exact) mass is 315 g/mol. The minimum atomic E-state index is -0.458. The number of nitrogens with one attached hydrogen (secondary N) is 1. The average Bonchev–Trinajstić information content (AvgIpc) is 2.38. The van der Waals surface area contributed by atoms with E-state index in [1.54, 1.807) is 11.8 Å². The van der Waals surface area contributed by atoms with Crippen molar-refractivity contribution in [2.45, 2.75) is 32.1 Å². The number of thioether (sulfide) groups is 1. The molecule has 0 saturated heterocycles. The van der Waals surface area contributed by atoms with Gasteiger partial charge in [-0.2, -0.15) is 0 Å². The number of rotatable bonds is 8. The van der Waals surface area contributed by atoms with E-state index in [2.05, 4.69) is 5.32 Å². The zero-order chi connectivity index (χ0) is 15.0. The van der Waals surface area contributed by atoms with Crippen molar-refractivity contribution in [3.63, 3.8) is 0 Å². The first-order chi connectivity index (χ1) is 9.47. The van der Waals surface area contributed by atoms with E-state index in [1.807, 2.05) is 38.1 Å². The summed E-state index contributed by atoms with van der Waals surface area (Å²) in [6, 6.07) is 7.61. The Kier molecular flexibility index (Phi) is 8.04. The highest BCUT2D eigenvalue weighted by Crippen LogP contribution is 2.15. The third-order valence-electron chi connectivity index (χ3n) is 2.69. The summed E-state index contributed by atoms with van der Waals surface area (Å²) in [5.74, 6) is 1.57.